The normalized spacial score (nSPS) is 17.8. The highest BCUT2D eigenvalue weighted by atomic mass is 32.1. The number of thiol groups is 1. The smallest absolute Gasteiger partial charge is 0.392 e. The molecule has 29 heavy (non-hydrogen) atoms. The van der Waals surface area contributed by atoms with E-state index in [1.165, 1.54) is 18.3 Å². The minimum absolute atomic E-state index is 0.0385. The third kappa shape index (κ3) is 5.17. The molecule has 0 bridgehead atoms. The minimum atomic E-state index is -4.48. The molecule has 1 aliphatic heterocycles. The average molecular weight is 429 g/mol. The molecule has 0 radical (unpaired) electrons. The van der Waals surface area contributed by atoms with Crippen LogP contribution in [0, 0.1) is 5.82 Å². The molecule has 156 valence electrons. The van der Waals surface area contributed by atoms with Gasteiger partial charge in [0, 0.05) is 24.7 Å². The van der Waals surface area contributed by atoms with E-state index in [1.54, 1.807) is 0 Å². The van der Waals surface area contributed by atoms with E-state index in [0.717, 1.165) is 48.6 Å². The van der Waals surface area contributed by atoms with E-state index in [1.807, 2.05) is 4.31 Å². The predicted octanol–water partition coefficient (Wildman–Crippen LogP) is 3.42. The van der Waals surface area contributed by atoms with Crippen LogP contribution in [0.1, 0.15) is 18.4 Å². The Hall–Kier alpha value is -2.37. The molecule has 1 saturated heterocycles. The van der Waals surface area contributed by atoms with Crippen LogP contribution in [0.2, 0.25) is 0 Å². The van der Waals surface area contributed by atoms with E-state index in [9.17, 15) is 17.6 Å². The number of benzene rings is 1. The number of rotatable bonds is 1. The highest BCUT2D eigenvalue weighted by molar-refractivity contribution is 7.77. The Morgan fingerprint density at radius 2 is 2.00 bits per heavy atom. The molecule has 0 saturated carbocycles. The monoisotopic (exact) mass is 429 g/mol. The largest absolute Gasteiger partial charge is 0.416 e. The lowest BCUT2D eigenvalue weighted by molar-refractivity contribution is -0.137. The Morgan fingerprint density at radius 1 is 1.24 bits per heavy atom. The number of nitrogen functional groups attached to an aromatic ring is 1. The van der Waals surface area contributed by atoms with Gasteiger partial charge in [-0.1, -0.05) is 24.9 Å². The fraction of sp³-hybridized carbons (Fsp3) is 0.333. The molecule has 1 unspecified atom stereocenters. The number of nitrogens with two attached hydrogens (primary N) is 1. The molecule has 0 amide bonds. The lowest BCUT2D eigenvalue weighted by Crippen LogP contribution is -2.31. The molecule has 11 heteroatoms. The Labute approximate surface area is 169 Å². The number of hydrogen-bond acceptors (Lipinski definition) is 6. The highest BCUT2D eigenvalue weighted by Crippen LogP contribution is 2.33. The maximum Gasteiger partial charge on any atom is 0.416 e. The van der Waals surface area contributed by atoms with Gasteiger partial charge in [0.15, 0.2) is 5.82 Å². The van der Waals surface area contributed by atoms with Gasteiger partial charge in [-0.3, -0.25) is 4.31 Å². The van der Waals surface area contributed by atoms with Crippen molar-refractivity contribution in [3.05, 3.63) is 47.9 Å². The van der Waals surface area contributed by atoms with Crippen LogP contribution in [0.15, 0.2) is 36.5 Å². The Balaban J connectivity index is 0.000000252. The van der Waals surface area contributed by atoms with Gasteiger partial charge in [0.2, 0.25) is 5.95 Å². The van der Waals surface area contributed by atoms with E-state index >= 15 is 0 Å². The van der Waals surface area contributed by atoms with Crippen LogP contribution in [0.4, 0.5) is 23.5 Å². The van der Waals surface area contributed by atoms with Crippen molar-refractivity contribution in [1.82, 2.24) is 18.9 Å². The van der Waals surface area contributed by atoms with Gasteiger partial charge in [-0.15, -0.1) is 5.10 Å². The molecular weight excluding hydrogens is 410 g/mol. The average Bonchev–Trinajstić information content (AvgIpc) is 2.97. The van der Waals surface area contributed by atoms with E-state index < -0.39 is 17.6 Å². The first-order valence-corrected chi connectivity index (χ1v) is 9.14. The first-order valence-electron chi connectivity index (χ1n) is 8.74. The third-order valence-electron chi connectivity index (χ3n) is 4.35. The van der Waals surface area contributed by atoms with E-state index in [0.29, 0.717) is 0 Å². The highest BCUT2D eigenvalue weighted by Gasteiger charge is 2.30. The summed E-state index contributed by atoms with van der Waals surface area (Å²) in [5, 5.41) is 12.8. The van der Waals surface area contributed by atoms with Gasteiger partial charge >= 0.3 is 6.18 Å². The van der Waals surface area contributed by atoms with Gasteiger partial charge in [0.25, 0.3) is 0 Å². The molecule has 3 heterocycles. The number of anilines is 1. The molecule has 1 aliphatic rings. The molecule has 3 N–H and O–H groups in total. The molecule has 4 rings (SSSR count). The molecule has 0 spiro atoms. The number of halogens is 4. The number of fused-ring (bicyclic) bond motifs is 1. The number of hydrogen-bond donors (Lipinski definition) is 3. The van der Waals surface area contributed by atoms with Gasteiger partial charge < -0.3 is 10.8 Å². The van der Waals surface area contributed by atoms with Crippen molar-refractivity contribution in [3.63, 3.8) is 0 Å². The van der Waals surface area contributed by atoms with Crippen molar-refractivity contribution in [1.29, 1.82) is 0 Å². The Kier molecular flexibility index (Phi) is 6.30. The second-order valence-electron chi connectivity index (χ2n) is 6.58. The summed E-state index contributed by atoms with van der Waals surface area (Å²) in [7, 11) is 0. The van der Waals surface area contributed by atoms with Gasteiger partial charge in [-0.05, 0) is 25.0 Å². The van der Waals surface area contributed by atoms with E-state index in [2.05, 4.69) is 22.9 Å². The number of aromatic nitrogens is 3. The van der Waals surface area contributed by atoms with Crippen molar-refractivity contribution in [2.45, 2.75) is 25.1 Å². The first-order chi connectivity index (χ1) is 13.6. The van der Waals surface area contributed by atoms with Crippen LogP contribution >= 0.6 is 12.8 Å². The molecule has 6 nitrogen and oxygen atoms in total. The number of alkyl halides is 3. The maximum absolute atomic E-state index is 13.8. The number of aliphatic hydroxyl groups is 1. The van der Waals surface area contributed by atoms with Crippen molar-refractivity contribution >= 4 is 24.3 Å². The van der Waals surface area contributed by atoms with E-state index in [4.69, 9.17) is 10.8 Å². The van der Waals surface area contributed by atoms with Gasteiger partial charge in [0.05, 0.1) is 23.6 Å². The van der Waals surface area contributed by atoms with Crippen molar-refractivity contribution < 1.29 is 22.7 Å². The van der Waals surface area contributed by atoms with Gasteiger partial charge in [-0.2, -0.15) is 13.2 Å². The zero-order chi connectivity index (χ0) is 21.2. The summed E-state index contributed by atoms with van der Waals surface area (Å²) in [6, 6.07) is 5.66. The quantitative estimate of drug-likeness (QED) is 0.408. The molecular formula is C18H19F4N5OS. The number of β-amino-alcohol motifs (C(OH)–C–C–N with tert-alkyl or cyclic N) is 1. The second kappa shape index (κ2) is 8.56. The van der Waals surface area contributed by atoms with Crippen LogP contribution in [-0.2, 0) is 6.18 Å². The van der Waals surface area contributed by atoms with Gasteiger partial charge in [0.1, 0.15) is 5.52 Å². The summed E-state index contributed by atoms with van der Waals surface area (Å²) in [6.07, 6.45) is -1.42. The van der Waals surface area contributed by atoms with Crippen molar-refractivity contribution in [2.75, 3.05) is 18.8 Å². The molecule has 1 fully saturated rings. The Morgan fingerprint density at radius 3 is 2.62 bits per heavy atom. The summed E-state index contributed by atoms with van der Waals surface area (Å²) in [6.45, 7) is 1.74. The van der Waals surface area contributed by atoms with Gasteiger partial charge in [-0.25, -0.2) is 13.9 Å². The lowest BCUT2D eigenvalue weighted by atomic mass is 10.1. The minimum Gasteiger partial charge on any atom is -0.392 e. The molecule has 1 atom stereocenters. The third-order valence-corrected chi connectivity index (χ3v) is 4.71. The molecule has 1 aromatic carbocycles. The Bertz CT molecular complexity index is 986. The maximum atomic E-state index is 13.8. The summed E-state index contributed by atoms with van der Waals surface area (Å²) in [4.78, 5) is 3.66. The summed E-state index contributed by atoms with van der Waals surface area (Å²) in [5.41, 5.74) is 5.00. The number of piperidine rings is 1. The molecule has 0 aliphatic carbocycles. The van der Waals surface area contributed by atoms with Crippen LogP contribution in [0.25, 0.3) is 16.8 Å². The zero-order valence-corrected chi connectivity index (χ0v) is 16.0. The standard InChI is InChI=1S/C13H8F4N4.C5H11NOS/c14-9-5-10(21-11(9)6-19-12(18)20-21)7-2-1-3-8(4-7)13(15,16)17;7-5-2-1-3-6(8)4-5/h1-6H,(H2,18,20);5,7-8H,1-4H2. The molecule has 2 aromatic heterocycles. The van der Waals surface area contributed by atoms with Crippen LogP contribution < -0.4 is 5.73 Å². The van der Waals surface area contributed by atoms with Crippen molar-refractivity contribution in [3.8, 4) is 11.3 Å². The zero-order valence-electron chi connectivity index (χ0n) is 15.1. The SMILES string of the molecule is Nc1ncc2c(F)cc(-c3cccc(C(F)(F)F)c3)n2n1.OC1CCCN(S)C1. The predicted molar refractivity (Wildman–Crippen MR) is 104 cm³/mol. The molecule has 3 aromatic rings. The fourth-order valence-electron chi connectivity index (χ4n) is 2.96. The van der Waals surface area contributed by atoms with Crippen LogP contribution in [-0.4, -0.2) is 43.2 Å². The topological polar surface area (TPSA) is 79.7 Å². The second-order valence-corrected chi connectivity index (χ2v) is 7.14. The lowest BCUT2D eigenvalue weighted by Gasteiger charge is -2.24. The summed E-state index contributed by atoms with van der Waals surface area (Å²) < 4.78 is 55.0. The van der Waals surface area contributed by atoms with Crippen molar-refractivity contribution in [2.24, 2.45) is 0 Å². The van der Waals surface area contributed by atoms with Crippen LogP contribution in [0.5, 0.6) is 0 Å². The summed E-state index contributed by atoms with van der Waals surface area (Å²) in [5.74, 6) is -0.742. The van der Waals surface area contributed by atoms with Crippen LogP contribution in [0.3, 0.4) is 0 Å². The van der Waals surface area contributed by atoms with E-state index in [-0.39, 0.29) is 28.8 Å². The summed E-state index contributed by atoms with van der Waals surface area (Å²) >= 11 is 4.09. The number of aliphatic hydroxyl groups excluding tert-OH is 1. The fourth-order valence-corrected chi connectivity index (χ4v) is 3.29. The number of nitrogens with zero attached hydrogens (tertiary/aromatic N) is 4. The first kappa shape index (κ1) is 21.3.